The first-order valence-corrected chi connectivity index (χ1v) is 7.47. The Morgan fingerprint density at radius 3 is 2.59 bits per heavy atom. The fourth-order valence-electron chi connectivity index (χ4n) is 2.17. The van der Waals surface area contributed by atoms with Crippen LogP contribution in [-0.4, -0.2) is 18.6 Å². The predicted molar refractivity (Wildman–Crippen MR) is 75.1 cm³/mol. The lowest BCUT2D eigenvalue weighted by atomic mass is 9.94. The van der Waals surface area contributed by atoms with Crippen molar-refractivity contribution in [3.8, 4) is 0 Å². The van der Waals surface area contributed by atoms with Crippen molar-refractivity contribution in [1.82, 2.24) is 5.32 Å². The summed E-state index contributed by atoms with van der Waals surface area (Å²) in [6.45, 7) is 7.14. The van der Waals surface area contributed by atoms with Gasteiger partial charge in [-0.1, -0.05) is 19.9 Å². The van der Waals surface area contributed by atoms with Crippen LogP contribution in [0.1, 0.15) is 31.0 Å². The molecule has 1 aromatic rings. The van der Waals surface area contributed by atoms with E-state index in [2.05, 4.69) is 31.5 Å². The second-order valence-electron chi connectivity index (χ2n) is 4.53. The number of halogens is 1. The van der Waals surface area contributed by atoms with Gasteiger partial charge in [-0.15, -0.1) is 0 Å². The summed E-state index contributed by atoms with van der Waals surface area (Å²) in [5.74, 6) is 1.43. The monoisotopic (exact) mass is 255 g/mol. The Bertz CT molecular complexity index is 334. The molecule has 0 aromatic heterocycles. The second kappa shape index (κ2) is 7.02. The van der Waals surface area contributed by atoms with Crippen molar-refractivity contribution in [2.75, 3.05) is 18.6 Å². The molecule has 17 heavy (non-hydrogen) atoms. The number of benzene rings is 1. The zero-order chi connectivity index (χ0) is 12.8. The van der Waals surface area contributed by atoms with Crippen LogP contribution in [0.4, 0.5) is 4.39 Å². The van der Waals surface area contributed by atoms with Gasteiger partial charge in [-0.2, -0.15) is 11.8 Å². The molecule has 0 heterocycles. The van der Waals surface area contributed by atoms with Gasteiger partial charge in [0.05, 0.1) is 0 Å². The normalized spacial score (nSPS) is 14.6. The molecule has 0 aliphatic heterocycles. The summed E-state index contributed by atoms with van der Waals surface area (Å²) in [7, 11) is 0. The van der Waals surface area contributed by atoms with E-state index in [1.807, 2.05) is 18.7 Å². The molecule has 1 nitrogen and oxygen atoms in total. The van der Waals surface area contributed by atoms with Crippen molar-refractivity contribution < 1.29 is 4.39 Å². The van der Waals surface area contributed by atoms with E-state index < -0.39 is 0 Å². The molecule has 0 spiro atoms. The molecule has 1 aromatic carbocycles. The summed E-state index contributed by atoms with van der Waals surface area (Å²) >= 11 is 1.83. The molecular weight excluding hydrogens is 233 g/mol. The van der Waals surface area contributed by atoms with E-state index in [1.54, 1.807) is 12.1 Å². The highest BCUT2D eigenvalue weighted by Crippen LogP contribution is 2.25. The van der Waals surface area contributed by atoms with Gasteiger partial charge < -0.3 is 5.32 Å². The first-order chi connectivity index (χ1) is 8.08. The quantitative estimate of drug-likeness (QED) is 0.830. The highest BCUT2D eigenvalue weighted by Gasteiger charge is 2.18. The minimum atomic E-state index is -0.140. The van der Waals surface area contributed by atoms with E-state index in [9.17, 15) is 4.39 Å². The fraction of sp³-hybridized carbons (Fsp3) is 0.571. The predicted octanol–water partition coefficient (Wildman–Crippen LogP) is 3.78. The van der Waals surface area contributed by atoms with Crippen LogP contribution in [0.2, 0.25) is 0 Å². The van der Waals surface area contributed by atoms with Gasteiger partial charge in [-0.25, -0.2) is 4.39 Å². The van der Waals surface area contributed by atoms with Crippen molar-refractivity contribution in [2.45, 2.75) is 26.8 Å². The van der Waals surface area contributed by atoms with Gasteiger partial charge in [0.15, 0.2) is 0 Å². The standard InChI is InChI=1S/C14H22FNS/c1-5-16-14(11(3)9-17-4)12-6-10(2)7-13(15)8-12/h6-8,11,14,16H,5,9H2,1-4H3. The third-order valence-electron chi connectivity index (χ3n) is 2.85. The van der Waals surface area contributed by atoms with Crippen molar-refractivity contribution in [3.63, 3.8) is 0 Å². The minimum absolute atomic E-state index is 0.140. The molecule has 2 atom stereocenters. The Labute approximate surface area is 108 Å². The molecule has 96 valence electrons. The third-order valence-corrected chi connectivity index (χ3v) is 3.71. The number of hydrogen-bond acceptors (Lipinski definition) is 2. The van der Waals surface area contributed by atoms with Crippen LogP contribution in [0, 0.1) is 18.7 Å². The third kappa shape index (κ3) is 4.32. The average molecular weight is 255 g/mol. The first kappa shape index (κ1) is 14.5. The molecule has 1 N–H and O–H groups in total. The lowest BCUT2D eigenvalue weighted by molar-refractivity contribution is 0.425. The molecule has 0 fully saturated rings. The summed E-state index contributed by atoms with van der Waals surface area (Å²) in [6, 6.07) is 5.54. The van der Waals surface area contributed by atoms with E-state index in [1.165, 1.54) is 0 Å². The van der Waals surface area contributed by atoms with Gasteiger partial charge in [0.1, 0.15) is 5.82 Å². The first-order valence-electron chi connectivity index (χ1n) is 6.07. The molecule has 0 bridgehead atoms. The zero-order valence-corrected chi connectivity index (χ0v) is 11.9. The van der Waals surface area contributed by atoms with Crippen LogP contribution in [0.3, 0.4) is 0 Å². The maximum atomic E-state index is 13.4. The summed E-state index contributed by atoms with van der Waals surface area (Å²) in [5, 5.41) is 3.46. The number of aryl methyl sites for hydroxylation is 1. The lowest BCUT2D eigenvalue weighted by Gasteiger charge is -2.25. The highest BCUT2D eigenvalue weighted by atomic mass is 32.2. The molecule has 0 aliphatic carbocycles. The largest absolute Gasteiger partial charge is 0.310 e. The Kier molecular flexibility index (Phi) is 6.00. The summed E-state index contributed by atoms with van der Waals surface area (Å²) in [6.07, 6.45) is 2.11. The topological polar surface area (TPSA) is 12.0 Å². The molecule has 0 aliphatic rings. The smallest absolute Gasteiger partial charge is 0.123 e. The Morgan fingerprint density at radius 1 is 1.35 bits per heavy atom. The Balaban J connectivity index is 2.95. The highest BCUT2D eigenvalue weighted by molar-refractivity contribution is 7.98. The van der Waals surface area contributed by atoms with Crippen LogP contribution in [0.25, 0.3) is 0 Å². The lowest BCUT2D eigenvalue weighted by Crippen LogP contribution is -2.28. The van der Waals surface area contributed by atoms with Crippen molar-refractivity contribution in [1.29, 1.82) is 0 Å². The number of rotatable bonds is 6. The summed E-state index contributed by atoms with van der Waals surface area (Å²) in [4.78, 5) is 0. The van der Waals surface area contributed by atoms with Gasteiger partial charge >= 0.3 is 0 Å². The number of hydrogen-bond donors (Lipinski definition) is 1. The fourth-order valence-corrected chi connectivity index (χ4v) is 2.89. The van der Waals surface area contributed by atoms with E-state index in [-0.39, 0.29) is 11.9 Å². The summed E-state index contributed by atoms with van der Waals surface area (Å²) < 4.78 is 13.4. The maximum Gasteiger partial charge on any atom is 0.123 e. The molecule has 0 radical (unpaired) electrons. The van der Waals surface area contributed by atoms with Crippen LogP contribution in [0.5, 0.6) is 0 Å². The van der Waals surface area contributed by atoms with Gasteiger partial charge in [-0.05, 0) is 54.7 Å². The Hall–Kier alpha value is -0.540. The molecule has 2 unspecified atom stereocenters. The van der Waals surface area contributed by atoms with Crippen LogP contribution < -0.4 is 5.32 Å². The molecular formula is C14H22FNS. The maximum absolute atomic E-state index is 13.4. The van der Waals surface area contributed by atoms with Gasteiger partial charge in [0.2, 0.25) is 0 Å². The molecule has 1 rings (SSSR count). The van der Waals surface area contributed by atoms with Crippen molar-refractivity contribution >= 4 is 11.8 Å². The molecule has 3 heteroatoms. The molecule has 0 saturated carbocycles. The number of nitrogens with one attached hydrogen (secondary N) is 1. The van der Waals surface area contributed by atoms with Gasteiger partial charge in [-0.3, -0.25) is 0 Å². The second-order valence-corrected chi connectivity index (χ2v) is 5.44. The zero-order valence-electron chi connectivity index (χ0n) is 11.1. The Morgan fingerprint density at radius 2 is 2.06 bits per heavy atom. The number of thioether (sulfide) groups is 1. The summed E-state index contributed by atoms with van der Waals surface area (Å²) in [5.41, 5.74) is 2.05. The van der Waals surface area contributed by atoms with E-state index >= 15 is 0 Å². The van der Waals surface area contributed by atoms with Crippen molar-refractivity contribution in [3.05, 3.63) is 35.1 Å². The van der Waals surface area contributed by atoms with E-state index in [0.717, 1.165) is 23.4 Å². The minimum Gasteiger partial charge on any atom is -0.310 e. The van der Waals surface area contributed by atoms with E-state index in [0.29, 0.717) is 5.92 Å². The van der Waals surface area contributed by atoms with Gasteiger partial charge in [0.25, 0.3) is 0 Å². The van der Waals surface area contributed by atoms with E-state index in [4.69, 9.17) is 0 Å². The average Bonchev–Trinajstić information content (AvgIpc) is 2.24. The molecule has 0 saturated heterocycles. The van der Waals surface area contributed by atoms with Crippen LogP contribution >= 0.6 is 11.8 Å². The van der Waals surface area contributed by atoms with Gasteiger partial charge in [0, 0.05) is 6.04 Å². The van der Waals surface area contributed by atoms with Crippen molar-refractivity contribution in [2.24, 2.45) is 5.92 Å². The van der Waals surface area contributed by atoms with Crippen LogP contribution in [0.15, 0.2) is 18.2 Å². The van der Waals surface area contributed by atoms with Crippen LogP contribution in [-0.2, 0) is 0 Å². The molecule has 0 amide bonds. The SMILES string of the molecule is CCNC(c1cc(C)cc(F)c1)C(C)CSC.